The van der Waals surface area contributed by atoms with Crippen LogP contribution in [0, 0.1) is 6.92 Å². The zero-order valence-electron chi connectivity index (χ0n) is 19.5. The van der Waals surface area contributed by atoms with Gasteiger partial charge in [-0.05, 0) is 60.5 Å². The number of rotatable bonds is 5. The molecule has 0 radical (unpaired) electrons. The normalized spacial score (nSPS) is 15.9. The molecule has 2 heterocycles. The second-order valence-corrected chi connectivity index (χ2v) is 9.26. The Morgan fingerprint density at radius 3 is 2.66 bits per heavy atom. The predicted molar refractivity (Wildman–Crippen MR) is 135 cm³/mol. The molecule has 180 valence electrons. The van der Waals surface area contributed by atoms with Crippen molar-refractivity contribution in [2.45, 2.75) is 20.0 Å². The van der Waals surface area contributed by atoms with Crippen molar-refractivity contribution < 1.29 is 23.7 Å². The molecule has 0 unspecified atom stereocenters. The highest BCUT2D eigenvalue weighted by molar-refractivity contribution is 6.35. The van der Waals surface area contributed by atoms with Crippen molar-refractivity contribution in [1.29, 1.82) is 0 Å². The Kier molecular flexibility index (Phi) is 6.36. The van der Waals surface area contributed by atoms with Crippen molar-refractivity contribution in [2.24, 2.45) is 0 Å². The lowest BCUT2D eigenvalue weighted by Crippen LogP contribution is -2.32. The van der Waals surface area contributed by atoms with Crippen LogP contribution in [0.2, 0.25) is 10.0 Å². The van der Waals surface area contributed by atoms with E-state index in [1.165, 1.54) is 0 Å². The van der Waals surface area contributed by atoms with E-state index >= 15 is 0 Å². The molecule has 0 spiro atoms. The molecule has 0 aromatic heterocycles. The quantitative estimate of drug-likeness (QED) is 0.375. The molecule has 0 atom stereocenters. The molecule has 3 aromatic carbocycles. The Bertz CT molecular complexity index is 1370. The summed E-state index contributed by atoms with van der Waals surface area (Å²) in [5.41, 5.74) is 3.81. The maximum Gasteiger partial charge on any atom is 0.232 e. The third-order valence-electron chi connectivity index (χ3n) is 6.12. The molecule has 5 rings (SSSR count). The molecule has 8 heteroatoms. The minimum absolute atomic E-state index is 0.178. The number of carbonyl (C=O) groups is 1. The highest BCUT2D eigenvalue weighted by atomic mass is 35.5. The number of aryl methyl sites for hydroxylation is 1. The van der Waals surface area contributed by atoms with E-state index < -0.39 is 0 Å². The van der Waals surface area contributed by atoms with Gasteiger partial charge in [0.1, 0.15) is 29.7 Å². The minimum Gasteiger partial charge on any atom is -0.497 e. The summed E-state index contributed by atoms with van der Waals surface area (Å²) in [7, 11) is 3.17. The second kappa shape index (κ2) is 9.46. The van der Waals surface area contributed by atoms with Gasteiger partial charge >= 0.3 is 0 Å². The van der Waals surface area contributed by atoms with Crippen LogP contribution >= 0.6 is 23.2 Å². The monoisotopic (exact) mass is 511 g/mol. The average Bonchev–Trinajstić information content (AvgIpc) is 3.18. The Morgan fingerprint density at radius 2 is 1.91 bits per heavy atom. The molecule has 3 aromatic rings. The van der Waals surface area contributed by atoms with Crippen LogP contribution < -0.4 is 18.9 Å². The van der Waals surface area contributed by atoms with Gasteiger partial charge in [-0.2, -0.15) is 0 Å². The fraction of sp³-hybridized carbons (Fsp3) is 0.222. The number of carbonyl (C=O) groups excluding carboxylic acids is 1. The van der Waals surface area contributed by atoms with Crippen molar-refractivity contribution in [3.63, 3.8) is 0 Å². The summed E-state index contributed by atoms with van der Waals surface area (Å²) in [6.45, 7) is 3.39. The van der Waals surface area contributed by atoms with Crippen molar-refractivity contribution in [2.75, 3.05) is 21.0 Å². The summed E-state index contributed by atoms with van der Waals surface area (Å²) in [4.78, 5) is 15.5. The van der Waals surface area contributed by atoms with E-state index in [4.69, 9.17) is 42.1 Å². The first-order valence-electron chi connectivity index (χ1n) is 11.0. The maximum atomic E-state index is 13.4. The van der Waals surface area contributed by atoms with Gasteiger partial charge in [0.05, 0.1) is 25.3 Å². The second-order valence-electron chi connectivity index (χ2n) is 8.42. The molecule has 35 heavy (non-hydrogen) atoms. The number of halogens is 2. The van der Waals surface area contributed by atoms with Crippen LogP contribution in [0.4, 0.5) is 0 Å². The van der Waals surface area contributed by atoms with Crippen molar-refractivity contribution >= 4 is 35.1 Å². The summed E-state index contributed by atoms with van der Waals surface area (Å²) in [5.74, 6) is 2.56. The van der Waals surface area contributed by atoms with E-state index in [9.17, 15) is 4.79 Å². The van der Waals surface area contributed by atoms with Crippen molar-refractivity contribution in [3.05, 3.63) is 86.1 Å². The van der Waals surface area contributed by atoms with Crippen LogP contribution in [0.3, 0.4) is 0 Å². The number of nitrogens with zero attached hydrogens (tertiary/aromatic N) is 1. The van der Waals surface area contributed by atoms with Gasteiger partial charge in [-0.3, -0.25) is 9.69 Å². The number of hydrogen-bond acceptors (Lipinski definition) is 6. The molecule has 0 amide bonds. The van der Waals surface area contributed by atoms with Crippen molar-refractivity contribution in [3.8, 4) is 23.0 Å². The number of fused-ring (bicyclic) bond motifs is 3. The Balaban J connectivity index is 1.48. The van der Waals surface area contributed by atoms with Gasteiger partial charge in [0.15, 0.2) is 5.76 Å². The fourth-order valence-electron chi connectivity index (χ4n) is 4.36. The smallest absolute Gasteiger partial charge is 0.232 e. The van der Waals surface area contributed by atoms with Crippen LogP contribution in [0.15, 0.2) is 48.2 Å². The zero-order valence-corrected chi connectivity index (χ0v) is 21.0. The summed E-state index contributed by atoms with van der Waals surface area (Å²) in [5, 5.41) is 1.19. The molecule has 2 aliphatic heterocycles. The van der Waals surface area contributed by atoms with Crippen LogP contribution in [0.1, 0.15) is 32.6 Å². The Morgan fingerprint density at radius 1 is 1.09 bits per heavy atom. The lowest BCUT2D eigenvalue weighted by atomic mass is 9.98. The van der Waals surface area contributed by atoms with Gasteiger partial charge in [-0.15, -0.1) is 0 Å². The van der Waals surface area contributed by atoms with Crippen LogP contribution in [-0.4, -0.2) is 31.6 Å². The first-order chi connectivity index (χ1) is 16.9. The number of hydrogen-bond donors (Lipinski definition) is 0. The summed E-state index contributed by atoms with van der Waals surface area (Å²) >= 11 is 12.4. The highest BCUT2D eigenvalue weighted by Crippen LogP contribution is 2.44. The number of methoxy groups -OCH3 is 2. The molecule has 6 nitrogen and oxygen atoms in total. The van der Waals surface area contributed by atoms with E-state index in [1.807, 2.05) is 25.1 Å². The number of ether oxygens (including phenoxy) is 4. The molecule has 0 bridgehead atoms. The molecule has 2 aliphatic rings. The van der Waals surface area contributed by atoms with Gasteiger partial charge in [0.2, 0.25) is 5.78 Å². The fourth-order valence-corrected chi connectivity index (χ4v) is 4.83. The molecule has 0 N–H and O–H groups in total. The first-order valence-corrected chi connectivity index (χ1v) is 11.8. The molecule has 0 saturated carbocycles. The number of allylic oxidation sites excluding steroid dienone is 1. The molecule has 0 aliphatic carbocycles. The Hall–Kier alpha value is -3.19. The zero-order chi connectivity index (χ0) is 24.7. The summed E-state index contributed by atoms with van der Waals surface area (Å²) in [6.07, 6.45) is 1.68. The van der Waals surface area contributed by atoms with Crippen molar-refractivity contribution in [1.82, 2.24) is 4.90 Å². The van der Waals surface area contributed by atoms with E-state index in [1.54, 1.807) is 44.6 Å². The largest absolute Gasteiger partial charge is 0.497 e. The SMILES string of the molecule is COc1ccc(OC)c(/C=C2\Oc3c4c(cc(C)c3C2=O)OCN(Cc2ccc(Cl)cc2Cl)C4)c1. The standard InChI is InChI=1S/C27H23Cl2NO5/c1-15-8-23-20(13-30(14-34-23)12-16-4-5-18(28)11-21(16)29)27-25(15)26(31)24(35-27)10-17-9-19(32-2)6-7-22(17)33-3/h4-11H,12-14H2,1-3H3/b24-10-. The van der Waals surface area contributed by atoms with Gasteiger partial charge < -0.3 is 18.9 Å². The minimum atomic E-state index is -0.178. The third kappa shape index (κ3) is 4.45. The average molecular weight is 512 g/mol. The molecule has 0 saturated heterocycles. The maximum absolute atomic E-state index is 13.4. The predicted octanol–water partition coefficient (Wildman–Crippen LogP) is 6.29. The van der Waals surface area contributed by atoms with Crippen LogP contribution in [-0.2, 0) is 13.1 Å². The highest BCUT2D eigenvalue weighted by Gasteiger charge is 2.35. The summed E-state index contributed by atoms with van der Waals surface area (Å²) < 4.78 is 23.0. The summed E-state index contributed by atoms with van der Waals surface area (Å²) in [6, 6.07) is 12.7. The van der Waals surface area contributed by atoms with E-state index in [0.29, 0.717) is 64.0 Å². The molecular weight excluding hydrogens is 489 g/mol. The van der Waals surface area contributed by atoms with Gasteiger partial charge in [0.25, 0.3) is 0 Å². The topological polar surface area (TPSA) is 57.2 Å². The lowest BCUT2D eigenvalue weighted by molar-refractivity contribution is 0.0872. The number of ketones is 1. The van der Waals surface area contributed by atoms with E-state index in [0.717, 1.165) is 16.7 Å². The lowest BCUT2D eigenvalue weighted by Gasteiger charge is -2.30. The molecule has 0 fully saturated rings. The van der Waals surface area contributed by atoms with Gasteiger partial charge in [-0.25, -0.2) is 0 Å². The van der Waals surface area contributed by atoms with Gasteiger partial charge in [0, 0.05) is 28.7 Å². The van der Waals surface area contributed by atoms with E-state index in [2.05, 4.69) is 4.90 Å². The van der Waals surface area contributed by atoms with Crippen LogP contribution in [0.5, 0.6) is 23.0 Å². The first kappa shape index (κ1) is 23.5. The third-order valence-corrected chi connectivity index (χ3v) is 6.71. The molecular formula is C27H23Cl2NO5. The Labute approximate surface area is 213 Å². The number of benzene rings is 3. The van der Waals surface area contributed by atoms with Gasteiger partial charge in [-0.1, -0.05) is 29.3 Å². The van der Waals surface area contributed by atoms with E-state index in [-0.39, 0.29) is 11.5 Å². The number of Topliss-reactive ketones (excluding diaryl/α,β-unsaturated/α-hetero) is 1. The van der Waals surface area contributed by atoms with Crippen LogP contribution in [0.25, 0.3) is 6.08 Å².